The number of amides is 1. The summed E-state index contributed by atoms with van der Waals surface area (Å²) in [6.07, 6.45) is -3.40. The molecule has 0 bridgehead atoms. The standard InChI is InChI=1S/C19H16ClF3N2O5S/c1-2-10-24-31(28,29)13-8-6-12(7-9-13)18(27)30-11-16(26)25-17-14(19(21,22)23)4-3-5-15(17)20/h2-9,24H,1,10-11H2,(H,25,26). The maximum absolute atomic E-state index is 13.1. The van der Waals surface area contributed by atoms with Crippen LogP contribution in [0.25, 0.3) is 0 Å². The Morgan fingerprint density at radius 3 is 2.35 bits per heavy atom. The molecule has 1 amide bonds. The molecule has 0 aromatic heterocycles. The Bertz CT molecular complexity index is 1090. The van der Waals surface area contributed by atoms with Gasteiger partial charge < -0.3 is 10.1 Å². The predicted octanol–water partition coefficient (Wildman–Crippen LogP) is 3.62. The summed E-state index contributed by atoms with van der Waals surface area (Å²) in [7, 11) is -3.79. The minimum Gasteiger partial charge on any atom is -0.452 e. The summed E-state index contributed by atoms with van der Waals surface area (Å²) < 4.78 is 70.1. The van der Waals surface area contributed by atoms with Gasteiger partial charge in [0.1, 0.15) is 0 Å². The second-order valence-corrected chi connectivity index (χ2v) is 8.12. The minimum absolute atomic E-state index is 0.0166. The first-order chi connectivity index (χ1) is 14.5. The zero-order valence-electron chi connectivity index (χ0n) is 15.7. The van der Waals surface area contributed by atoms with Gasteiger partial charge in [0, 0.05) is 6.54 Å². The number of benzene rings is 2. The van der Waals surface area contributed by atoms with Crippen molar-refractivity contribution in [1.82, 2.24) is 4.72 Å². The molecule has 0 aliphatic carbocycles. The molecule has 2 rings (SSSR count). The predicted molar refractivity (Wildman–Crippen MR) is 107 cm³/mol. The third-order valence-electron chi connectivity index (χ3n) is 3.74. The van der Waals surface area contributed by atoms with Crippen LogP contribution in [0.5, 0.6) is 0 Å². The highest BCUT2D eigenvalue weighted by Crippen LogP contribution is 2.38. The van der Waals surface area contributed by atoms with E-state index in [-0.39, 0.29) is 22.0 Å². The molecule has 0 aliphatic rings. The lowest BCUT2D eigenvalue weighted by Gasteiger charge is -2.15. The van der Waals surface area contributed by atoms with Gasteiger partial charge in [0.05, 0.1) is 26.7 Å². The van der Waals surface area contributed by atoms with E-state index in [1.54, 1.807) is 0 Å². The fourth-order valence-electron chi connectivity index (χ4n) is 2.30. The fraction of sp³-hybridized carbons (Fsp3) is 0.158. The molecule has 31 heavy (non-hydrogen) atoms. The van der Waals surface area contributed by atoms with Gasteiger partial charge >= 0.3 is 12.1 Å². The quantitative estimate of drug-likeness (QED) is 0.447. The zero-order valence-corrected chi connectivity index (χ0v) is 17.3. The number of nitrogens with one attached hydrogen (secondary N) is 2. The smallest absolute Gasteiger partial charge is 0.418 e. The Hall–Kier alpha value is -2.89. The van der Waals surface area contributed by atoms with Crippen molar-refractivity contribution in [2.24, 2.45) is 0 Å². The molecule has 166 valence electrons. The van der Waals surface area contributed by atoms with Crippen molar-refractivity contribution in [3.63, 3.8) is 0 Å². The van der Waals surface area contributed by atoms with Crippen molar-refractivity contribution in [2.45, 2.75) is 11.1 Å². The average Bonchev–Trinajstić information content (AvgIpc) is 2.71. The Morgan fingerprint density at radius 1 is 1.13 bits per heavy atom. The van der Waals surface area contributed by atoms with Crippen LogP contribution in [0.1, 0.15) is 15.9 Å². The zero-order chi connectivity index (χ0) is 23.2. The van der Waals surface area contributed by atoms with E-state index in [0.717, 1.165) is 30.3 Å². The van der Waals surface area contributed by atoms with E-state index < -0.39 is 45.9 Å². The van der Waals surface area contributed by atoms with Crippen LogP contribution in [0.4, 0.5) is 18.9 Å². The van der Waals surface area contributed by atoms with Crippen LogP contribution in [0.2, 0.25) is 5.02 Å². The lowest BCUT2D eigenvalue weighted by atomic mass is 10.1. The largest absolute Gasteiger partial charge is 0.452 e. The van der Waals surface area contributed by atoms with Gasteiger partial charge in [-0.05, 0) is 36.4 Å². The van der Waals surface area contributed by atoms with E-state index >= 15 is 0 Å². The molecule has 2 aromatic carbocycles. The van der Waals surface area contributed by atoms with Crippen LogP contribution >= 0.6 is 11.6 Å². The molecule has 0 spiro atoms. The van der Waals surface area contributed by atoms with Crippen molar-refractivity contribution in [1.29, 1.82) is 0 Å². The highest BCUT2D eigenvalue weighted by Gasteiger charge is 2.34. The SMILES string of the molecule is C=CCNS(=O)(=O)c1ccc(C(=O)OCC(=O)Nc2c(Cl)cccc2C(F)(F)F)cc1. The summed E-state index contributed by atoms with van der Waals surface area (Å²) >= 11 is 5.74. The molecule has 2 N–H and O–H groups in total. The average molecular weight is 477 g/mol. The number of rotatable bonds is 8. The Labute approximate surface area is 180 Å². The molecule has 0 heterocycles. The van der Waals surface area contributed by atoms with E-state index in [0.29, 0.717) is 0 Å². The number of carbonyl (C=O) groups is 2. The van der Waals surface area contributed by atoms with Crippen molar-refractivity contribution >= 4 is 39.2 Å². The summed E-state index contributed by atoms with van der Waals surface area (Å²) in [6, 6.07) is 7.63. The number of sulfonamides is 1. The van der Waals surface area contributed by atoms with Gasteiger partial charge in [0.2, 0.25) is 10.0 Å². The molecule has 0 unspecified atom stereocenters. The van der Waals surface area contributed by atoms with E-state index in [1.165, 1.54) is 18.2 Å². The first kappa shape index (κ1) is 24.4. The van der Waals surface area contributed by atoms with Crippen LogP contribution in [-0.4, -0.2) is 33.4 Å². The maximum Gasteiger partial charge on any atom is 0.418 e. The highest BCUT2D eigenvalue weighted by molar-refractivity contribution is 7.89. The van der Waals surface area contributed by atoms with Gasteiger partial charge in [-0.1, -0.05) is 23.7 Å². The normalized spacial score (nSPS) is 11.6. The van der Waals surface area contributed by atoms with Crippen LogP contribution < -0.4 is 10.0 Å². The van der Waals surface area contributed by atoms with Crippen molar-refractivity contribution in [2.75, 3.05) is 18.5 Å². The number of hydrogen-bond acceptors (Lipinski definition) is 5. The van der Waals surface area contributed by atoms with Gasteiger partial charge in [-0.2, -0.15) is 13.2 Å². The molecular weight excluding hydrogens is 461 g/mol. The molecule has 7 nitrogen and oxygen atoms in total. The number of anilines is 1. The number of halogens is 4. The summed E-state index contributed by atoms with van der Waals surface area (Å²) in [5.74, 6) is -2.02. The van der Waals surface area contributed by atoms with Gasteiger partial charge in [-0.3, -0.25) is 4.79 Å². The van der Waals surface area contributed by atoms with Crippen molar-refractivity contribution < 1.29 is 35.9 Å². The monoisotopic (exact) mass is 476 g/mol. The third-order valence-corrected chi connectivity index (χ3v) is 5.49. The molecule has 2 aromatic rings. The number of esters is 1. The first-order valence-corrected chi connectivity index (χ1v) is 10.3. The molecule has 0 saturated carbocycles. The maximum atomic E-state index is 13.1. The molecule has 0 radical (unpaired) electrons. The number of ether oxygens (including phenoxy) is 1. The lowest BCUT2D eigenvalue weighted by Crippen LogP contribution is -2.24. The molecule has 0 atom stereocenters. The van der Waals surface area contributed by atoms with Gasteiger partial charge in [-0.15, -0.1) is 6.58 Å². The van der Waals surface area contributed by atoms with E-state index in [1.807, 2.05) is 5.32 Å². The Morgan fingerprint density at radius 2 is 1.77 bits per heavy atom. The fourth-order valence-corrected chi connectivity index (χ4v) is 3.52. The molecule has 12 heteroatoms. The van der Waals surface area contributed by atoms with E-state index in [2.05, 4.69) is 11.3 Å². The van der Waals surface area contributed by atoms with Crippen LogP contribution in [0.3, 0.4) is 0 Å². The third kappa shape index (κ3) is 6.54. The highest BCUT2D eigenvalue weighted by atomic mass is 35.5. The van der Waals surface area contributed by atoms with Crippen molar-refractivity contribution in [3.05, 3.63) is 71.3 Å². The van der Waals surface area contributed by atoms with Gasteiger partial charge in [0.25, 0.3) is 5.91 Å². The molecule has 0 fully saturated rings. The summed E-state index contributed by atoms with van der Waals surface area (Å²) in [6.45, 7) is 2.52. The number of para-hydroxylation sites is 1. The summed E-state index contributed by atoms with van der Waals surface area (Å²) in [4.78, 5) is 23.9. The second kappa shape index (κ2) is 9.94. The number of alkyl halides is 3. The van der Waals surface area contributed by atoms with Crippen LogP contribution in [0.15, 0.2) is 60.0 Å². The van der Waals surface area contributed by atoms with Crippen LogP contribution in [-0.2, 0) is 25.7 Å². The molecule has 0 aliphatic heterocycles. The second-order valence-electron chi connectivity index (χ2n) is 5.95. The topological polar surface area (TPSA) is 102 Å². The Balaban J connectivity index is 2.02. The number of carbonyl (C=O) groups excluding carboxylic acids is 2. The van der Waals surface area contributed by atoms with Gasteiger partial charge in [-0.25, -0.2) is 17.9 Å². The van der Waals surface area contributed by atoms with Crippen LogP contribution in [0, 0.1) is 0 Å². The Kier molecular flexibility index (Phi) is 7.82. The molecule has 0 saturated heterocycles. The minimum atomic E-state index is -4.76. The first-order valence-electron chi connectivity index (χ1n) is 8.49. The van der Waals surface area contributed by atoms with Gasteiger partial charge in [0.15, 0.2) is 6.61 Å². The van der Waals surface area contributed by atoms with Crippen molar-refractivity contribution in [3.8, 4) is 0 Å². The molecular formula is C19H16ClF3N2O5S. The summed E-state index contributed by atoms with van der Waals surface area (Å²) in [5, 5.41) is 1.64. The lowest BCUT2D eigenvalue weighted by molar-refractivity contribution is -0.137. The van der Waals surface area contributed by atoms with E-state index in [9.17, 15) is 31.2 Å². The number of hydrogen-bond donors (Lipinski definition) is 2. The summed E-state index contributed by atoms with van der Waals surface area (Å²) in [5.41, 5.74) is -1.87. The van der Waals surface area contributed by atoms with E-state index in [4.69, 9.17) is 16.3 Å².